The molecule has 3 aliphatic rings. The molecule has 2 fully saturated rings. The average molecular weight is 386 g/mol. The average Bonchev–Trinajstić information content (AvgIpc) is 2.93. The van der Waals surface area contributed by atoms with Crippen molar-refractivity contribution in [3.8, 4) is 0 Å². The van der Waals surface area contributed by atoms with Crippen molar-refractivity contribution in [1.29, 1.82) is 0 Å². The van der Waals surface area contributed by atoms with Gasteiger partial charge in [0.15, 0.2) is 0 Å². The number of rotatable bonds is 5. The summed E-state index contributed by atoms with van der Waals surface area (Å²) in [5.41, 5.74) is 3.75. The number of carbonyl (C=O) groups excluding carboxylic acids is 1. The lowest BCUT2D eigenvalue weighted by atomic mass is 9.83. The van der Waals surface area contributed by atoms with Crippen molar-refractivity contribution in [2.75, 3.05) is 24.5 Å². The molecule has 1 aliphatic carbocycles. The van der Waals surface area contributed by atoms with Gasteiger partial charge >= 0.3 is 12.0 Å². The van der Waals surface area contributed by atoms with E-state index in [1.54, 1.807) is 0 Å². The largest absolute Gasteiger partial charge is 0.481 e. The number of aryl methyl sites for hydroxylation is 1. The summed E-state index contributed by atoms with van der Waals surface area (Å²) in [7, 11) is 0. The zero-order valence-corrected chi connectivity index (χ0v) is 16.5. The van der Waals surface area contributed by atoms with E-state index in [4.69, 9.17) is 5.11 Å². The highest BCUT2D eigenvalue weighted by Gasteiger charge is 2.36. The second-order valence-corrected chi connectivity index (χ2v) is 8.47. The van der Waals surface area contributed by atoms with Crippen molar-refractivity contribution >= 4 is 17.7 Å². The van der Waals surface area contributed by atoms with Gasteiger partial charge < -0.3 is 15.3 Å². The van der Waals surface area contributed by atoms with Gasteiger partial charge in [0.2, 0.25) is 0 Å². The third-order valence-electron chi connectivity index (χ3n) is 6.68. The van der Waals surface area contributed by atoms with Gasteiger partial charge in [0, 0.05) is 37.8 Å². The third-order valence-corrected chi connectivity index (χ3v) is 6.68. The number of carboxylic acids is 1. The Bertz CT molecular complexity index is 728. The fourth-order valence-electron chi connectivity index (χ4n) is 5.02. The Labute approximate surface area is 166 Å². The minimum absolute atomic E-state index is 0.140. The highest BCUT2D eigenvalue weighted by atomic mass is 16.4. The van der Waals surface area contributed by atoms with Crippen molar-refractivity contribution in [2.45, 2.75) is 64.0 Å². The van der Waals surface area contributed by atoms with E-state index in [0.717, 1.165) is 76.8 Å². The number of anilines is 1. The molecule has 152 valence electrons. The van der Waals surface area contributed by atoms with Gasteiger partial charge in [-0.05, 0) is 80.7 Å². The second kappa shape index (κ2) is 8.52. The molecule has 4 rings (SSSR count). The van der Waals surface area contributed by atoms with Crippen LogP contribution in [-0.4, -0.2) is 47.7 Å². The molecular formula is C22H31N3O3. The first kappa shape index (κ1) is 19.2. The monoisotopic (exact) mass is 385 g/mol. The highest BCUT2D eigenvalue weighted by molar-refractivity contribution is 5.94. The highest BCUT2D eigenvalue weighted by Crippen LogP contribution is 2.33. The van der Waals surface area contributed by atoms with Crippen LogP contribution in [0.25, 0.3) is 0 Å². The normalized spacial score (nSPS) is 25.5. The van der Waals surface area contributed by atoms with Gasteiger partial charge in [-0.2, -0.15) is 0 Å². The number of urea groups is 1. The van der Waals surface area contributed by atoms with Crippen molar-refractivity contribution in [3.05, 3.63) is 29.3 Å². The van der Waals surface area contributed by atoms with Crippen LogP contribution < -0.4 is 10.2 Å². The van der Waals surface area contributed by atoms with Gasteiger partial charge in [0.05, 0.1) is 0 Å². The van der Waals surface area contributed by atoms with Crippen molar-refractivity contribution < 1.29 is 14.7 Å². The number of hydrogen-bond donors (Lipinski definition) is 2. The number of fused-ring (bicyclic) bond motifs is 1. The van der Waals surface area contributed by atoms with E-state index < -0.39 is 5.97 Å². The van der Waals surface area contributed by atoms with E-state index in [-0.39, 0.29) is 12.5 Å². The second-order valence-electron chi connectivity index (χ2n) is 8.47. The van der Waals surface area contributed by atoms with Crippen LogP contribution >= 0.6 is 0 Å². The summed E-state index contributed by atoms with van der Waals surface area (Å²) in [4.78, 5) is 27.9. The number of nitrogens with zero attached hydrogens (tertiary/aromatic N) is 2. The van der Waals surface area contributed by atoms with E-state index in [1.165, 1.54) is 11.1 Å². The van der Waals surface area contributed by atoms with Crippen LogP contribution in [0.4, 0.5) is 10.5 Å². The quantitative estimate of drug-likeness (QED) is 0.815. The molecule has 1 saturated carbocycles. The molecule has 2 heterocycles. The Morgan fingerprint density at radius 1 is 1.14 bits per heavy atom. The molecule has 28 heavy (non-hydrogen) atoms. The first-order chi connectivity index (χ1) is 13.6. The molecular weight excluding hydrogens is 354 g/mol. The van der Waals surface area contributed by atoms with Crippen LogP contribution in [0.15, 0.2) is 18.2 Å². The van der Waals surface area contributed by atoms with E-state index in [9.17, 15) is 9.59 Å². The summed E-state index contributed by atoms with van der Waals surface area (Å²) in [5.74, 6) is -0.205. The summed E-state index contributed by atoms with van der Waals surface area (Å²) in [6.07, 6.45) is 7.32. The summed E-state index contributed by atoms with van der Waals surface area (Å²) in [6, 6.07) is 6.93. The smallest absolute Gasteiger partial charge is 0.324 e. The number of benzene rings is 1. The number of nitrogens with one attached hydrogen (secondary N) is 1. The molecule has 0 atom stereocenters. The molecule has 2 aliphatic heterocycles. The van der Waals surface area contributed by atoms with Crippen LogP contribution in [-0.2, 0) is 17.8 Å². The van der Waals surface area contributed by atoms with Crippen molar-refractivity contribution in [1.82, 2.24) is 10.2 Å². The number of carboxylic acid groups (broad SMARTS) is 1. The fraction of sp³-hybridized carbons (Fsp3) is 0.636. The third kappa shape index (κ3) is 4.17. The van der Waals surface area contributed by atoms with Crippen LogP contribution in [0.2, 0.25) is 0 Å². The van der Waals surface area contributed by atoms with Crippen molar-refractivity contribution in [2.24, 2.45) is 5.92 Å². The first-order valence-electron chi connectivity index (χ1n) is 10.7. The maximum absolute atomic E-state index is 13.1. The lowest BCUT2D eigenvalue weighted by Crippen LogP contribution is -2.41. The maximum Gasteiger partial charge on any atom is 0.324 e. The lowest BCUT2D eigenvalue weighted by Gasteiger charge is -2.34. The van der Waals surface area contributed by atoms with Crippen molar-refractivity contribution in [3.63, 3.8) is 0 Å². The predicted molar refractivity (Wildman–Crippen MR) is 109 cm³/mol. The Kier molecular flexibility index (Phi) is 5.85. The molecule has 0 spiro atoms. The Morgan fingerprint density at radius 3 is 2.75 bits per heavy atom. The summed E-state index contributed by atoms with van der Waals surface area (Å²) < 4.78 is 0. The molecule has 0 radical (unpaired) electrons. The van der Waals surface area contributed by atoms with Gasteiger partial charge in [0.1, 0.15) is 0 Å². The molecule has 1 saturated heterocycles. The van der Waals surface area contributed by atoms with Gasteiger partial charge in [-0.25, -0.2) is 4.79 Å². The van der Waals surface area contributed by atoms with Gasteiger partial charge in [-0.3, -0.25) is 9.69 Å². The Balaban J connectivity index is 1.37. The van der Waals surface area contributed by atoms with Gasteiger partial charge in [-0.15, -0.1) is 0 Å². The van der Waals surface area contributed by atoms with Gasteiger partial charge in [0.25, 0.3) is 0 Å². The summed E-state index contributed by atoms with van der Waals surface area (Å²) in [6.45, 7) is 3.52. The van der Waals surface area contributed by atoms with Gasteiger partial charge in [-0.1, -0.05) is 6.07 Å². The van der Waals surface area contributed by atoms with Crippen LogP contribution in [0.1, 0.15) is 56.1 Å². The zero-order valence-electron chi connectivity index (χ0n) is 16.5. The molecule has 0 unspecified atom stereocenters. The summed E-state index contributed by atoms with van der Waals surface area (Å²) >= 11 is 0. The minimum atomic E-state index is -0.705. The molecule has 6 heteroatoms. The van der Waals surface area contributed by atoms with Crippen LogP contribution in [0.5, 0.6) is 0 Å². The number of aliphatic carboxylic acids is 1. The maximum atomic E-state index is 13.1. The number of carbonyl (C=O) groups is 2. The molecule has 0 aromatic heterocycles. The Morgan fingerprint density at radius 2 is 1.96 bits per heavy atom. The van der Waals surface area contributed by atoms with E-state index >= 15 is 0 Å². The van der Waals surface area contributed by atoms with E-state index in [0.29, 0.717) is 12.0 Å². The van der Waals surface area contributed by atoms with Crippen LogP contribution in [0.3, 0.4) is 0 Å². The SMILES string of the molecule is O=C(O)CCC1CCC(N2CCN(c3ccc4c(c3)CCCNC4)C2=O)CC1. The zero-order chi connectivity index (χ0) is 19.5. The number of hydrogen-bond acceptors (Lipinski definition) is 3. The molecule has 1 aromatic carbocycles. The molecule has 1 aromatic rings. The first-order valence-corrected chi connectivity index (χ1v) is 10.7. The molecule has 2 amide bonds. The molecule has 0 bridgehead atoms. The Hall–Kier alpha value is -2.08. The van der Waals surface area contributed by atoms with E-state index in [1.807, 2.05) is 4.90 Å². The number of amides is 2. The minimum Gasteiger partial charge on any atom is -0.481 e. The van der Waals surface area contributed by atoms with E-state index in [2.05, 4.69) is 28.4 Å². The summed E-state index contributed by atoms with van der Waals surface area (Å²) in [5, 5.41) is 12.3. The predicted octanol–water partition coefficient (Wildman–Crippen LogP) is 3.39. The standard InChI is InChI=1S/C22H31N3O3/c26-21(27)10-5-16-3-7-19(8-4-16)24-12-13-25(22(24)28)20-9-6-18-15-23-11-1-2-17(18)14-20/h6,9,14,16,19,23H,1-5,7-8,10-13,15H2,(H,26,27). The lowest BCUT2D eigenvalue weighted by molar-refractivity contribution is -0.137. The fourth-order valence-corrected chi connectivity index (χ4v) is 5.02. The molecule has 2 N–H and O–H groups in total. The van der Waals surface area contributed by atoms with Crippen LogP contribution in [0, 0.1) is 5.92 Å². The molecule has 6 nitrogen and oxygen atoms in total. The topological polar surface area (TPSA) is 72.9 Å².